The summed E-state index contributed by atoms with van der Waals surface area (Å²) in [5, 5.41) is 0. The van der Waals surface area contributed by atoms with Crippen molar-refractivity contribution in [2.75, 3.05) is 13.2 Å². The topological polar surface area (TPSA) is 35.2 Å². The van der Waals surface area contributed by atoms with Gasteiger partial charge in [-0.1, -0.05) is 13.3 Å². The Kier molecular flexibility index (Phi) is 6.26. The Morgan fingerprint density at radius 1 is 1.27 bits per heavy atom. The number of nitrogens with two attached hydrogens (primary N) is 1. The lowest BCUT2D eigenvalue weighted by Gasteiger charge is -2.33. The summed E-state index contributed by atoms with van der Waals surface area (Å²) in [4.78, 5) is 0. The molecule has 15 heavy (non-hydrogen) atoms. The van der Waals surface area contributed by atoms with Crippen LogP contribution >= 0.6 is 0 Å². The second-order valence-corrected chi connectivity index (χ2v) is 4.85. The molecule has 0 bridgehead atoms. The van der Waals surface area contributed by atoms with Crippen molar-refractivity contribution in [2.45, 2.75) is 58.4 Å². The standard InChI is InChI=1S/C13H27NO/c1-3-11-7-8-13(14)12(10-11)6-5-9-15-4-2/h11-13H,3-10,14H2,1-2H3. The molecule has 1 rings (SSSR count). The van der Waals surface area contributed by atoms with Gasteiger partial charge in [-0.15, -0.1) is 0 Å². The summed E-state index contributed by atoms with van der Waals surface area (Å²) in [6, 6.07) is 0.453. The molecule has 0 spiro atoms. The van der Waals surface area contributed by atoms with Gasteiger partial charge in [0.15, 0.2) is 0 Å². The predicted octanol–water partition coefficient (Wildman–Crippen LogP) is 2.96. The van der Waals surface area contributed by atoms with E-state index in [1.807, 2.05) is 0 Å². The summed E-state index contributed by atoms with van der Waals surface area (Å²) in [5.41, 5.74) is 6.17. The average Bonchev–Trinajstić information content (AvgIpc) is 2.26. The third-order valence-corrected chi connectivity index (χ3v) is 3.79. The van der Waals surface area contributed by atoms with Crippen LogP contribution in [0.25, 0.3) is 0 Å². The van der Waals surface area contributed by atoms with E-state index in [0.29, 0.717) is 6.04 Å². The highest BCUT2D eigenvalue weighted by molar-refractivity contribution is 4.81. The Morgan fingerprint density at radius 3 is 2.73 bits per heavy atom. The van der Waals surface area contributed by atoms with Gasteiger partial charge in [0.05, 0.1) is 0 Å². The van der Waals surface area contributed by atoms with Gasteiger partial charge >= 0.3 is 0 Å². The Morgan fingerprint density at radius 2 is 2.07 bits per heavy atom. The van der Waals surface area contributed by atoms with E-state index in [-0.39, 0.29) is 0 Å². The molecule has 2 heteroatoms. The van der Waals surface area contributed by atoms with E-state index in [1.165, 1.54) is 38.5 Å². The number of hydrogen-bond acceptors (Lipinski definition) is 2. The molecule has 3 atom stereocenters. The molecule has 0 radical (unpaired) electrons. The minimum Gasteiger partial charge on any atom is -0.382 e. The molecule has 0 amide bonds. The Bertz CT molecular complexity index is 161. The third-order valence-electron chi connectivity index (χ3n) is 3.79. The van der Waals surface area contributed by atoms with Crippen LogP contribution in [0.5, 0.6) is 0 Å². The lowest BCUT2D eigenvalue weighted by Crippen LogP contribution is -2.36. The molecule has 0 heterocycles. The molecule has 1 saturated carbocycles. The smallest absolute Gasteiger partial charge is 0.0466 e. The second kappa shape index (κ2) is 7.24. The summed E-state index contributed by atoms with van der Waals surface area (Å²) in [7, 11) is 0. The lowest BCUT2D eigenvalue weighted by molar-refractivity contribution is 0.130. The zero-order valence-corrected chi connectivity index (χ0v) is 10.4. The predicted molar refractivity (Wildman–Crippen MR) is 64.8 cm³/mol. The molecule has 0 aromatic carbocycles. The van der Waals surface area contributed by atoms with E-state index in [1.54, 1.807) is 0 Å². The largest absolute Gasteiger partial charge is 0.382 e. The fraction of sp³-hybridized carbons (Fsp3) is 1.00. The lowest BCUT2D eigenvalue weighted by atomic mass is 9.75. The van der Waals surface area contributed by atoms with E-state index >= 15 is 0 Å². The fourth-order valence-electron chi connectivity index (χ4n) is 2.68. The summed E-state index contributed by atoms with van der Waals surface area (Å²) >= 11 is 0. The highest BCUT2D eigenvalue weighted by atomic mass is 16.5. The van der Waals surface area contributed by atoms with Gasteiger partial charge in [-0.2, -0.15) is 0 Å². The molecule has 0 aromatic heterocycles. The summed E-state index contributed by atoms with van der Waals surface area (Å²) < 4.78 is 5.37. The van der Waals surface area contributed by atoms with E-state index in [0.717, 1.165) is 25.0 Å². The molecule has 90 valence electrons. The van der Waals surface area contributed by atoms with Gasteiger partial charge in [0.1, 0.15) is 0 Å². The maximum absolute atomic E-state index is 6.17. The molecule has 0 aromatic rings. The Labute approximate surface area is 94.6 Å². The molecule has 0 saturated heterocycles. The van der Waals surface area contributed by atoms with Crippen molar-refractivity contribution in [2.24, 2.45) is 17.6 Å². The first-order valence-electron chi connectivity index (χ1n) is 6.61. The van der Waals surface area contributed by atoms with Gasteiger partial charge in [-0.05, 0) is 50.9 Å². The van der Waals surface area contributed by atoms with Crippen molar-refractivity contribution in [1.82, 2.24) is 0 Å². The first kappa shape index (κ1) is 13.0. The fourth-order valence-corrected chi connectivity index (χ4v) is 2.68. The molecule has 0 aliphatic heterocycles. The van der Waals surface area contributed by atoms with Gasteiger partial charge in [-0.3, -0.25) is 0 Å². The van der Waals surface area contributed by atoms with Crippen molar-refractivity contribution in [3.05, 3.63) is 0 Å². The minimum absolute atomic E-state index is 0.453. The zero-order chi connectivity index (χ0) is 11.1. The average molecular weight is 213 g/mol. The van der Waals surface area contributed by atoms with Crippen LogP contribution in [0.3, 0.4) is 0 Å². The van der Waals surface area contributed by atoms with Gasteiger partial charge in [-0.25, -0.2) is 0 Å². The van der Waals surface area contributed by atoms with E-state index in [9.17, 15) is 0 Å². The maximum atomic E-state index is 6.17. The van der Waals surface area contributed by atoms with Gasteiger partial charge in [0, 0.05) is 19.3 Å². The van der Waals surface area contributed by atoms with Gasteiger partial charge in [0.25, 0.3) is 0 Å². The van der Waals surface area contributed by atoms with Crippen molar-refractivity contribution >= 4 is 0 Å². The van der Waals surface area contributed by atoms with Crippen LogP contribution in [0.4, 0.5) is 0 Å². The molecular formula is C13H27NO. The molecule has 1 aliphatic rings. The molecule has 2 nitrogen and oxygen atoms in total. The molecule has 1 fully saturated rings. The monoisotopic (exact) mass is 213 g/mol. The van der Waals surface area contributed by atoms with Crippen LogP contribution in [-0.4, -0.2) is 19.3 Å². The van der Waals surface area contributed by atoms with E-state index < -0.39 is 0 Å². The van der Waals surface area contributed by atoms with E-state index in [4.69, 9.17) is 10.5 Å². The summed E-state index contributed by atoms with van der Waals surface area (Å²) in [5.74, 6) is 1.69. The van der Waals surface area contributed by atoms with Crippen LogP contribution in [0, 0.1) is 11.8 Å². The van der Waals surface area contributed by atoms with Crippen LogP contribution in [0.1, 0.15) is 52.4 Å². The van der Waals surface area contributed by atoms with Gasteiger partial charge in [0.2, 0.25) is 0 Å². The van der Waals surface area contributed by atoms with Crippen LogP contribution in [-0.2, 0) is 4.74 Å². The Hall–Kier alpha value is -0.0800. The van der Waals surface area contributed by atoms with Gasteiger partial charge < -0.3 is 10.5 Å². The molecular weight excluding hydrogens is 186 g/mol. The summed E-state index contributed by atoms with van der Waals surface area (Å²) in [6.45, 7) is 6.11. The highest BCUT2D eigenvalue weighted by Gasteiger charge is 2.26. The van der Waals surface area contributed by atoms with Crippen molar-refractivity contribution in [1.29, 1.82) is 0 Å². The summed E-state index contributed by atoms with van der Waals surface area (Å²) in [6.07, 6.45) is 7.70. The molecule has 3 unspecified atom stereocenters. The zero-order valence-electron chi connectivity index (χ0n) is 10.4. The molecule has 1 aliphatic carbocycles. The quantitative estimate of drug-likeness (QED) is 0.688. The van der Waals surface area contributed by atoms with Crippen LogP contribution in [0.15, 0.2) is 0 Å². The third kappa shape index (κ3) is 4.52. The van der Waals surface area contributed by atoms with Crippen molar-refractivity contribution in [3.8, 4) is 0 Å². The minimum atomic E-state index is 0.453. The van der Waals surface area contributed by atoms with E-state index in [2.05, 4.69) is 13.8 Å². The highest BCUT2D eigenvalue weighted by Crippen LogP contribution is 2.32. The second-order valence-electron chi connectivity index (χ2n) is 4.85. The Balaban J connectivity index is 2.19. The first-order chi connectivity index (χ1) is 7.27. The van der Waals surface area contributed by atoms with Crippen LogP contribution in [0.2, 0.25) is 0 Å². The van der Waals surface area contributed by atoms with Crippen LogP contribution < -0.4 is 5.73 Å². The first-order valence-corrected chi connectivity index (χ1v) is 6.61. The normalized spacial score (nSPS) is 31.8. The number of ether oxygens (including phenoxy) is 1. The van der Waals surface area contributed by atoms with Crippen molar-refractivity contribution in [3.63, 3.8) is 0 Å². The SMILES string of the molecule is CCOCCCC1CC(CC)CCC1N. The molecule has 2 N–H and O–H groups in total. The number of rotatable bonds is 6. The maximum Gasteiger partial charge on any atom is 0.0466 e. The number of hydrogen-bond donors (Lipinski definition) is 1. The van der Waals surface area contributed by atoms with Crippen molar-refractivity contribution < 1.29 is 4.74 Å².